The minimum atomic E-state index is -0.986. The minimum absolute atomic E-state index is 0.268. The van der Waals surface area contributed by atoms with Crippen LogP contribution in [0.3, 0.4) is 0 Å². The van der Waals surface area contributed by atoms with Gasteiger partial charge in [0.05, 0.1) is 5.82 Å². The SMILES string of the molecule is N[N-]c1c([N+](=O)[O-])[n-][n+]([N-]N)c1[N+](=O)[O-]. The summed E-state index contributed by atoms with van der Waals surface area (Å²) in [5, 5.41) is 24.0. The molecule has 12 nitrogen and oxygen atoms in total. The topological polar surface area (TPSA) is 184 Å². The van der Waals surface area contributed by atoms with Gasteiger partial charge in [0.25, 0.3) is 0 Å². The van der Waals surface area contributed by atoms with Crippen LogP contribution in [0.2, 0.25) is 0 Å². The molecule has 0 fully saturated rings. The first-order chi connectivity index (χ1) is 7.02. The van der Waals surface area contributed by atoms with Crippen molar-refractivity contribution in [1.29, 1.82) is 0 Å². The molecular formula is C3H4N8O4-2. The van der Waals surface area contributed by atoms with Crippen molar-refractivity contribution in [1.82, 2.24) is 5.10 Å². The molecule has 4 N–H and O–H groups in total. The molecule has 1 rings (SSSR count). The van der Waals surface area contributed by atoms with Crippen LogP contribution >= 0.6 is 0 Å². The zero-order chi connectivity index (χ0) is 11.6. The summed E-state index contributed by atoms with van der Waals surface area (Å²) >= 11 is 0. The Morgan fingerprint density at radius 1 is 1.27 bits per heavy atom. The molecule has 15 heavy (non-hydrogen) atoms. The third-order valence-electron chi connectivity index (χ3n) is 1.39. The Hall–Kier alpha value is -2.47. The maximum atomic E-state index is 10.5. The van der Waals surface area contributed by atoms with E-state index in [1.54, 1.807) is 0 Å². The van der Waals surface area contributed by atoms with Crippen molar-refractivity contribution in [3.8, 4) is 0 Å². The fraction of sp³-hybridized carbons (Fsp3) is 0. The third kappa shape index (κ3) is 1.61. The summed E-state index contributed by atoms with van der Waals surface area (Å²) in [7, 11) is 0. The van der Waals surface area contributed by atoms with Gasteiger partial charge >= 0.3 is 5.82 Å². The lowest BCUT2D eigenvalue weighted by atomic mass is 10.5. The van der Waals surface area contributed by atoms with Gasteiger partial charge in [0.1, 0.15) is 4.92 Å². The molecular weight excluding hydrogens is 212 g/mol. The molecule has 0 aliphatic rings. The molecule has 0 bridgehead atoms. The lowest BCUT2D eigenvalue weighted by Gasteiger charge is -2.14. The van der Waals surface area contributed by atoms with E-state index in [9.17, 15) is 20.2 Å². The summed E-state index contributed by atoms with van der Waals surface area (Å²) < 4.78 is 0. The normalized spacial score (nSPS) is 9.73. The van der Waals surface area contributed by atoms with Gasteiger partial charge in [0, 0.05) is 10.5 Å². The maximum absolute atomic E-state index is 10.5. The van der Waals surface area contributed by atoms with Gasteiger partial charge < -0.3 is 21.4 Å². The second kappa shape index (κ2) is 3.72. The van der Waals surface area contributed by atoms with E-state index < -0.39 is 27.2 Å². The van der Waals surface area contributed by atoms with Gasteiger partial charge in [-0.05, 0) is 0 Å². The zero-order valence-electron chi connectivity index (χ0n) is 6.97. The van der Waals surface area contributed by atoms with Crippen LogP contribution in [0.4, 0.5) is 17.3 Å². The lowest BCUT2D eigenvalue weighted by Crippen LogP contribution is -2.38. The molecule has 0 aliphatic carbocycles. The number of nitrogens with zero attached hydrogens (tertiary/aromatic N) is 6. The van der Waals surface area contributed by atoms with Gasteiger partial charge in [-0.1, -0.05) is 10.6 Å². The van der Waals surface area contributed by atoms with Crippen LogP contribution in [0.1, 0.15) is 0 Å². The second-order valence-corrected chi connectivity index (χ2v) is 2.14. The summed E-state index contributed by atoms with van der Waals surface area (Å²) in [4.78, 5) is 19.2. The Balaban J connectivity index is 3.45. The van der Waals surface area contributed by atoms with E-state index in [4.69, 9.17) is 11.7 Å². The largest absolute Gasteiger partial charge is 0.613 e. The first-order valence-corrected chi connectivity index (χ1v) is 3.26. The maximum Gasteiger partial charge on any atom is 0.521 e. The Morgan fingerprint density at radius 2 is 1.87 bits per heavy atom. The molecule has 0 aromatic carbocycles. The first-order valence-electron chi connectivity index (χ1n) is 3.26. The predicted molar refractivity (Wildman–Crippen MR) is 43.4 cm³/mol. The number of aromatic nitrogens is 2. The molecule has 1 aromatic heterocycles. The number of nitrogens with two attached hydrogens (primary N) is 2. The van der Waals surface area contributed by atoms with Crippen LogP contribution in [-0.2, 0) is 0 Å². The van der Waals surface area contributed by atoms with Crippen molar-refractivity contribution in [3.05, 3.63) is 31.2 Å². The van der Waals surface area contributed by atoms with E-state index >= 15 is 0 Å². The second-order valence-electron chi connectivity index (χ2n) is 2.14. The zero-order valence-corrected chi connectivity index (χ0v) is 6.97. The molecule has 1 heterocycles. The molecule has 0 aliphatic heterocycles. The minimum Gasteiger partial charge on any atom is -0.613 e. The molecule has 82 valence electrons. The van der Waals surface area contributed by atoms with E-state index in [-0.39, 0.29) is 4.79 Å². The monoisotopic (exact) mass is 216 g/mol. The van der Waals surface area contributed by atoms with E-state index in [1.165, 1.54) is 0 Å². The highest BCUT2D eigenvalue weighted by atomic mass is 16.6. The smallest absolute Gasteiger partial charge is 0.521 e. The van der Waals surface area contributed by atoms with E-state index in [0.717, 1.165) is 0 Å². The van der Waals surface area contributed by atoms with Gasteiger partial charge in [-0.2, -0.15) is 0 Å². The van der Waals surface area contributed by atoms with E-state index in [0.29, 0.717) is 0 Å². The van der Waals surface area contributed by atoms with Gasteiger partial charge in [0.2, 0.25) is 0 Å². The van der Waals surface area contributed by atoms with Crippen LogP contribution in [0, 0.1) is 20.2 Å². The molecule has 12 heteroatoms. The Morgan fingerprint density at radius 3 is 2.20 bits per heavy atom. The van der Waals surface area contributed by atoms with Crippen molar-refractivity contribution in [2.75, 3.05) is 0 Å². The average Bonchev–Trinajstić information content (AvgIpc) is 2.55. The first kappa shape index (κ1) is 10.6. The predicted octanol–water partition coefficient (Wildman–Crippen LogP) is -1.36. The van der Waals surface area contributed by atoms with Gasteiger partial charge in [0.15, 0.2) is 0 Å². The van der Waals surface area contributed by atoms with Crippen LogP contribution in [0.25, 0.3) is 11.0 Å². The van der Waals surface area contributed by atoms with Crippen molar-refractivity contribution in [3.63, 3.8) is 0 Å². The van der Waals surface area contributed by atoms with Crippen LogP contribution in [0.5, 0.6) is 0 Å². The van der Waals surface area contributed by atoms with Crippen LogP contribution < -0.4 is 21.6 Å². The molecule has 0 saturated carbocycles. The quantitative estimate of drug-likeness (QED) is 0.269. The van der Waals surface area contributed by atoms with Gasteiger partial charge in [-0.25, -0.2) is 5.84 Å². The van der Waals surface area contributed by atoms with Crippen LogP contribution in [0.15, 0.2) is 0 Å². The summed E-state index contributed by atoms with van der Waals surface area (Å²) in [6.45, 7) is 0. The van der Waals surface area contributed by atoms with E-state index in [1.807, 2.05) is 0 Å². The van der Waals surface area contributed by atoms with Crippen molar-refractivity contribution in [2.24, 2.45) is 11.7 Å². The van der Waals surface area contributed by atoms with Gasteiger partial charge in [-0.3, -0.25) is 15.0 Å². The molecule has 0 amide bonds. The van der Waals surface area contributed by atoms with E-state index in [2.05, 4.69) is 16.1 Å². The standard InChI is InChI=1S/C3H4N8O4/c4-6-1-2(10(12)13)7-9(8-5)3(1)11(14)15/h4-5H2/q-2. The number of nitro groups is 2. The highest BCUT2D eigenvalue weighted by molar-refractivity contribution is 5.68. The third-order valence-corrected chi connectivity index (χ3v) is 1.39. The van der Waals surface area contributed by atoms with Crippen molar-refractivity contribution < 1.29 is 14.6 Å². The summed E-state index contributed by atoms with van der Waals surface area (Å²) in [5.41, 5.74) is 5.05. The number of rotatable bonds is 4. The van der Waals surface area contributed by atoms with Crippen LogP contribution in [-0.4, -0.2) is 9.85 Å². The van der Waals surface area contributed by atoms with Crippen molar-refractivity contribution in [2.45, 2.75) is 0 Å². The Kier molecular flexibility index (Phi) is 2.63. The fourth-order valence-electron chi connectivity index (χ4n) is 0.858. The molecule has 1 aromatic rings. The molecule has 0 saturated heterocycles. The summed E-state index contributed by atoms with van der Waals surface area (Å²) in [6, 6.07) is 0. The Bertz CT molecular complexity index is 410. The lowest BCUT2D eigenvalue weighted by molar-refractivity contribution is -0.730. The summed E-state index contributed by atoms with van der Waals surface area (Å²) in [6.07, 6.45) is 0. The molecule has 0 unspecified atom stereocenters. The number of hydrogen-bond donors (Lipinski definition) is 2. The fourth-order valence-corrected chi connectivity index (χ4v) is 0.858. The average molecular weight is 216 g/mol. The highest BCUT2D eigenvalue weighted by Crippen LogP contribution is 2.33. The molecule has 0 spiro atoms. The molecule has 0 atom stereocenters. The Labute approximate surface area is 81.0 Å². The number of hydrogen-bond acceptors (Lipinski definition) is 6. The summed E-state index contributed by atoms with van der Waals surface area (Å²) in [5.74, 6) is 7.76. The van der Waals surface area contributed by atoms with Crippen molar-refractivity contribution >= 4 is 17.3 Å². The van der Waals surface area contributed by atoms with Gasteiger partial charge in [-0.15, -0.1) is 0 Å². The molecule has 0 radical (unpaired) electrons. The highest BCUT2D eigenvalue weighted by Gasteiger charge is 2.28.